The van der Waals surface area contributed by atoms with Gasteiger partial charge in [-0.2, -0.15) is 0 Å². The number of amides is 1. The summed E-state index contributed by atoms with van der Waals surface area (Å²) < 4.78 is 5.24. The number of hydrogen-bond acceptors (Lipinski definition) is 3. The zero-order valence-corrected chi connectivity index (χ0v) is 11.3. The fourth-order valence-corrected chi connectivity index (χ4v) is 1.42. The Balaban J connectivity index is 2.60. The highest BCUT2D eigenvalue weighted by atomic mass is 35.5. The Bertz CT molecular complexity index is 402. The number of pyridine rings is 1. The lowest BCUT2D eigenvalue weighted by molar-refractivity contribution is 0.0285. The molecule has 1 heterocycles. The van der Waals surface area contributed by atoms with Crippen LogP contribution < -0.4 is 0 Å². The molecule has 1 aromatic rings. The normalized spacial score (nSPS) is 11.1. The predicted octanol–water partition coefficient (Wildman–Crippen LogP) is 3.10. The van der Waals surface area contributed by atoms with E-state index < -0.39 is 5.60 Å². The maximum Gasteiger partial charge on any atom is 0.410 e. The van der Waals surface area contributed by atoms with E-state index in [0.29, 0.717) is 11.7 Å². The molecule has 17 heavy (non-hydrogen) atoms. The van der Waals surface area contributed by atoms with E-state index in [9.17, 15) is 4.79 Å². The summed E-state index contributed by atoms with van der Waals surface area (Å²) >= 11 is 5.77. The Morgan fingerprint density at radius 1 is 1.53 bits per heavy atom. The highest BCUT2D eigenvalue weighted by Crippen LogP contribution is 2.12. The average Bonchev–Trinajstić information content (AvgIpc) is 2.14. The second-order valence-electron chi connectivity index (χ2n) is 4.82. The van der Waals surface area contributed by atoms with Gasteiger partial charge in [0.15, 0.2) is 0 Å². The van der Waals surface area contributed by atoms with E-state index >= 15 is 0 Å². The molecule has 5 heteroatoms. The third kappa shape index (κ3) is 5.04. The smallest absolute Gasteiger partial charge is 0.410 e. The maximum atomic E-state index is 11.7. The second-order valence-corrected chi connectivity index (χ2v) is 5.21. The summed E-state index contributed by atoms with van der Waals surface area (Å²) in [5.41, 5.74) is 0.430. The van der Waals surface area contributed by atoms with Crippen LogP contribution in [0.5, 0.6) is 0 Å². The number of carbonyl (C=O) groups is 1. The van der Waals surface area contributed by atoms with E-state index in [1.54, 1.807) is 19.3 Å². The van der Waals surface area contributed by atoms with Gasteiger partial charge in [0.1, 0.15) is 10.8 Å². The van der Waals surface area contributed by atoms with Gasteiger partial charge < -0.3 is 9.64 Å². The van der Waals surface area contributed by atoms with Crippen molar-refractivity contribution in [1.29, 1.82) is 0 Å². The Morgan fingerprint density at radius 3 is 2.71 bits per heavy atom. The van der Waals surface area contributed by atoms with E-state index in [4.69, 9.17) is 16.3 Å². The van der Waals surface area contributed by atoms with Crippen molar-refractivity contribution in [2.75, 3.05) is 7.05 Å². The van der Waals surface area contributed by atoms with Crippen molar-refractivity contribution in [2.24, 2.45) is 0 Å². The van der Waals surface area contributed by atoms with Gasteiger partial charge in [-0.1, -0.05) is 11.6 Å². The van der Waals surface area contributed by atoms with Crippen molar-refractivity contribution in [1.82, 2.24) is 9.88 Å². The van der Waals surface area contributed by atoms with Crippen molar-refractivity contribution >= 4 is 17.7 Å². The molecule has 0 N–H and O–H groups in total. The molecule has 0 saturated heterocycles. The SMILES string of the molecule is CN(Cc1ccnc(Cl)c1)C(=O)OC(C)(C)C. The van der Waals surface area contributed by atoms with Crippen LogP contribution in [0.25, 0.3) is 0 Å². The number of ether oxygens (including phenoxy) is 1. The first-order chi connectivity index (χ1) is 7.78. The molecular weight excluding hydrogens is 240 g/mol. The topological polar surface area (TPSA) is 42.4 Å². The van der Waals surface area contributed by atoms with Crippen LogP contribution in [0.2, 0.25) is 5.15 Å². The molecule has 0 radical (unpaired) electrons. The number of nitrogens with zero attached hydrogens (tertiary/aromatic N) is 2. The van der Waals surface area contributed by atoms with Crippen molar-refractivity contribution in [3.8, 4) is 0 Å². The number of hydrogen-bond donors (Lipinski definition) is 0. The molecule has 0 aromatic carbocycles. The molecule has 1 aromatic heterocycles. The van der Waals surface area contributed by atoms with E-state index in [0.717, 1.165) is 5.56 Å². The number of rotatable bonds is 2. The molecule has 4 nitrogen and oxygen atoms in total. The lowest BCUT2D eigenvalue weighted by Crippen LogP contribution is -2.33. The Labute approximate surface area is 107 Å². The van der Waals surface area contributed by atoms with E-state index in [-0.39, 0.29) is 6.09 Å². The van der Waals surface area contributed by atoms with Crippen molar-refractivity contribution in [3.63, 3.8) is 0 Å². The molecule has 0 aliphatic rings. The van der Waals surface area contributed by atoms with Gasteiger partial charge in [0.05, 0.1) is 0 Å². The molecular formula is C12H17ClN2O2. The lowest BCUT2D eigenvalue weighted by atomic mass is 10.2. The van der Waals surface area contributed by atoms with Gasteiger partial charge in [0.25, 0.3) is 0 Å². The fourth-order valence-electron chi connectivity index (χ4n) is 1.22. The van der Waals surface area contributed by atoms with Crippen LogP contribution in [0.3, 0.4) is 0 Å². The monoisotopic (exact) mass is 256 g/mol. The summed E-state index contributed by atoms with van der Waals surface area (Å²) in [7, 11) is 1.68. The molecule has 0 bridgehead atoms. The molecule has 0 aliphatic heterocycles. The molecule has 1 rings (SSSR count). The van der Waals surface area contributed by atoms with Crippen LogP contribution in [0.1, 0.15) is 26.3 Å². The zero-order valence-electron chi connectivity index (χ0n) is 10.5. The maximum absolute atomic E-state index is 11.7. The van der Waals surface area contributed by atoms with Gasteiger partial charge in [0, 0.05) is 19.8 Å². The second kappa shape index (κ2) is 5.36. The zero-order chi connectivity index (χ0) is 13.1. The van der Waals surface area contributed by atoms with Gasteiger partial charge in [-0.05, 0) is 38.5 Å². The minimum Gasteiger partial charge on any atom is -0.444 e. The molecule has 0 fully saturated rings. The first-order valence-electron chi connectivity index (χ1n) is 5.32. The number of aromatic nitrogens is 1. The molecule has 0 aliphatic carbocycles. The van der Waals surface area contributed by atoms with Gasteiger partial charge in [0.2, 0.25) is 0 Å². The molecule has 0 saturated carbocycles. The average molecular weight is 257 g/mol. The Morgan fingerprint density at radius 2 is 2.18 bits per heavy atom. The van der Waals surface area contributed by atoms with Crippen molar-refractivity contribution < 1.29 is 9.53 Å². The Hall–Kier alpha value is -1.29. The van der Waals surface area contributed by atoms with E-state index in [1.165, 1.54) is 4.90 Å². The summed E-state index contributed by atoms with van der Waals surface area (Å²) in [6.07, 6.45) is 1.26. The summed E-state index contributed by atoms with van der Waals surface area (Å²) in [4.78, 5) is 17.1. The molecule has 0 spiro atoms. The minimum atomic E-state index is -0.485. The largest absolute Gasteiger partial charge is 0.444 e. The van der Waals surface area contributed by atoms with Crippen LogP contribution in [0, 0.1) is 0 Å². The molecule has 0 unspecified atom stereocenters. The number of carbonyl (C=O) groups excluding carboxylic acids is 1. The lowest BCUT2D eigenvalue weighted by Gasteiger charge is -2.24. The van der Waals surface area contributed by atoms with Gasteiger partial charge >= 0.3 is 6.09 Å². The van der Waals surface area contributed by atoms with Crippen LogP contribution in [-0.2, 0) is 11.3 Å². The van der Waals surface area contributed by atoms with Crippen LogP contribution >= 0.6 is 11.6 Å². The first kappa shape index (κ1) is 13.8. The van der Waals surface area contributed by atoms with Crippen LogP contribution in [0.15, 0.2) is 18.3 Å². The van der Waals surface area contributed by atoms with Crippen LogP contribution in [0.4, 0.5) is 4.79 Å². The molecule has 1 amide bonds. The molecule has 94 valence electrons. The third-order valence-electron chi connectivity index (χ3n) is 1.92. The van der Waals surface area contributed by atoms with Crippen LogP contribution in [-0.4, -0.2) is 28.6 Å². The summed E-state index contributed by atoms with van der Waals surface area (Å²) in [6, 6.07) is 3.54. The quantitative estimate of drug-likeness (QED) is 0.764. The standard InChI is InChI=1S/C12H17ClN2O2/c1-12(2,3)17-11(16)15(4)8-9-5-6-14-10(13)7-9/h5-7H,8H2,1-4H3. The highest BCUT2D eigenvalue weighted by molar-refractivity contribution is 6.29. The minimum absolute atomic E-state index is 0.356. The summed E-state index contributed by atoms with van der Waals surface area (Å²) in [5, 5.41) is 0.417. The van der Waals surface area contributed by atoms with Gasteiger partial charge in [-0.25, -0.2) is 9.78 Å². The highest BCUT2D eigenvalue weighted by Gasteiger charge is 2.19. The molecule has 0 atom stereocenters. The van der Waals surface area contributed by atoms with Gasteiger partial charge in [-0.3, -0.25) is 0 Å². The van der Waals surface area contributed by atoms with E-state index in [1.807, 2.05) is 26.8 Å². The van der Waals surface area contributed by atoms with Crippen molar-refractivity contribution in [2.45, 2.75) is 32.9 Å². The third-order valence-corrected chi connectivity index (χ3v) is 2.12. The summed E-state index contributed by atoms with van der Waals surface area (Å²) in [5.74, 6) is 0. The Kier molecular flexibility index (Phi) is 4.34. The summed E-state index contributed by atoms with van der Waals surface area (Å²) in [6.45, 7) is 5.95. The predicted molar refractivity (Wildman–Crippen MR) is 66.9 cm³/mol. The number of halogens is 1. The van der Waals surface area contributed by atoms with E-state index in [2.05, 4.69) is 4.98 Å². The van der Waals surface area contributed by atoms with Crippen molar-refractivity contribution in [3.05, 3.63) is 29.0 Å². The van der Waals surface area contributed by atoms with Gasteiger partial charge in [-0.15, -0.1) is 0 Å². The first-order valence-corrected chi connectivity index (χ1v) is 5.70. The fraction of sp³-hybridized carbons (Fsp3) is 0.500.